The SMILES string of the molecule is O=S(=O)(NCc1cccnn1)c1ccc2c(c1)CCN2. The van der Waals surface area contributed by atoms with Gasteiger partial charge in [0.25, 0.3) is 0 Å². The standard InChI is InChI=1S/C13H14N4O2S/c18-20(19,16-9-11-2-1-6-15-17-11)12-3-4-13-10(8-12)5-7-14-13/h1-4,6,8,14,16H,5,7,9H2. The molecule has 2 aromatic rings. The van der Waals surface area contributed by atoms with Gasteiger partial charge in [-0.15, -0.1) is 0 Å². The molecule has 0 unspecified atom stereocenters. The fourth-order valence-electron chi connectivity index (χ4n) is 2.13. The van der Waals surface area contributed by atoms with E-state index in [4.69, 9.17) is 0 Å². The number of rotatable bonds is 4. The Labute approximate surface area is 117 Å². The lowest BCUT2D eigenvalue weighted by atomic mass is 10.2. The van der Waals surface area contributed by atoms with Crippen molar-refractivity contribution in [1.29, 1.82) is 0 Å². The molecule has 2 N–H and O–H groups in total. The number of aromatic nitrogens is 2. The highest BCUT2D eigenvalue weighted by molar-refractivity contribution is 7.89. The molecule has 3 rings (SSSR count). The van der Waals surface area contributed by atoms with Gasteiger partial charge >= 0.3 is 0 Å². The van der Waals surface area contributed by atoms with Gasteiger partial charge in [-0.05, 0) is 42.3 Å². The van der Waals surface area contributed by atoms with E-state index in [2.05, 4.69) is 20.2 Å². The Morgan fingerprint density at radius 1 is 1.30 bits per heavy atom. The first-order valence-corrected chi connectivity index (χ1v) is 7.76. The first kappa shape index (κ1) is 13.0. The number of benzene rings is 1. The Hall–Kier alpha value is -1.99. The Bertz CT molecular complexity index is 716. The molecular formula is C13H14N4O2S. The van der Waals surface area contributed by atoms with Crippen molar-refractivity contribution in [2.24, 2.45) is 0 Å². The fraction of sp³-hybridized carbons (Fsp3) is 0.231. The highest BCUT2D eigenvalue weighted by Gasteiger charge is 2.18. The summed E-state index contributed by atoms with van der Waals surface area (Å²) in [5.74, 6) is 0. The summed E-state index contributed by atoms with van der Waals surface area (Å²) in [5.41, 5.74) is 2.63. The van der Waals surface area contributed by atoms with E-state index in [-0.39, 0.29) is 11.4 Å². The summed E-state index contributed by atoms with van der Waals surface area (Å²) in [6.07, 6.45) is 2.40. The molecule has 0 aliphatic carbocycles. The third kappa shape index (κ3) is 2.63. The summed E-state index contributed by atoms with van der Waals surface area (Å²) in [6.45, 7) is 0.984. The van der Waals surface area contributed by atoms with E-state index >= 15 is 0 Å². The molecular weight excluding hydrogens is 276 g/mol. The molecule has 0 atom stereocenters. The number of anilines is 1. The van der Waals surface area contributed by atoms with E-state index in [9.17, 15) is 8.42 Å². The van der Waals surface area contributed by atoms with Gasteiger partial charge < -0.3 is 5.32 Å². The second-order valence-electron chi connectivity index (χ2n) is 4.54. The maximum atomic E-state index is 12.2. The zero-order valence-corrected chi connectivity index (χ0v) is 11.5. The van der Waals surface area contributed by atoms with Crippen molar-refractivity contribution >= 4 is 15.7 Å². The molecule has 0 amide bonds. The predicted molar refractivity (Wildman–Crippen MR) is 74.7 cm³/mol. The third-order valence-electron chi connectivity index (χ3n) is 3.17. The van der Waals surface area contributed by atoms with E-state index in [1.54, 1.807) is 36.5 Å². The van der Waals surface area contributed by atoms with Gasteiger partial charge in [-0.2, -0.15) is 10.2 Å². The van der Waals surface area contributed by atoms with Crippen LogP contribution < -0.4 is 10.0 Å². The Kier molecular flexibility index (Phi) is 3.37. The summed E-state index contributed by atoms with van der Waals surface area (Å²) in [6, 6.07) is 8.57. The molecule has 0 saturated heterocycles. The summed E-state index contributed by atoms with van der Waals surface area (Å²) in [5, 5.41) is 10.8. The molecule has 1 aromatic heterocycles. The number of nitrogens with one attached hydrogen (secondary N) is 2. The van der Waals surface area contributed by atoms with Crippen LogP contribution in [0, 0.1) is 0 Å². The first-order valence-electron chi connectivity index (χ1n) is 6.28. The van der Waals surface area contributed by atoms with Crippen molar-refractivity contribution in [2.45, 2.75) is 17.9 Å². The summed E-state index contributed by atoms with van der Waals surface area (Å²) in [4.78, 5) is 0.281. The monoisotopic (exact) mass is 290 g/mol. The fourth-order valence-corrected chi connectivity index (χ4v) is 3.18. The van der Waals surface area contributed by atoms with Gasteiger partial charge in [-0.3, -0.25) is 0 Å². The lowest BCUT2D eigenvalue weighted by Crippen LogP contribution is -2.23. The van der Waals surface area contributed by atoms with Gasteiger partial charge in [0.15, 0.2) is 0 Å². The Morgan fingerprint density at radius 2 is 2.20 bits per heavy atom. The summed E-state index contributed by atoms with van der Waals surface area (Å²) in [7, 11) is -3.53. The summed E-state index contributed by atoms with van der Waals surface area (Å²) >= 11 is 0. The smallest absolute Gasteiger partial charge is 0.240 e. The molecule has 0 spiro atoms. The van der Waals surface area contributed by atoms with Crippen LogP contribution in [0.15, 0.2) is 41.4 Å². The second-order valence-corrected chi connectivity index (χ2v) is 6.30. The average Bonchev–Trinajstić information content (AvgIpc) is 2.94. The number of sulfonamides is 1. The number of fused-ring (bicyclic) bond motifs is 1. The number of hydrogen-bond donors (Lipinski definition) is 2. The van der Waals surface area contributed by atoms with Crippen LogP contribution >= 0.6 is 0 Å². The van der Waals surface area contributed by atoms with Crippen LogP contribution in [0.2, 0.25) is 0 Å². The third-order valence-corrected chi connectivity index (χ3v) is 4.57. The highest BCUT2D eigenvalue weighted by atomic mass is 32.2. The normalized spacial score (nSPS) is 13.8. The Morgan fingerprint density at radius 3 is 3.00 bits per heavy atom. The van der Waals surface area contributed by atoms with Crippen LogP contribution in [0.4, 0.5) is 5.69 Å². The van der Waals surface area contributed by atoms with E-state index in [1.807, 2.05) is 0 Å². The molecule has 1 aliphatic rings. The first-order chi connectivity index (χ1) is 9.65. The minimum atomic E-state index is -3.53. The van der Waals surface area contributed by atoms with Crippen molar-refractivity contribution in [3.05, 3.63) is 47.8 Å². The molecule has 20 heavy (non-hydrogen) atoms. The minimum Gasteiger partial charge on any atom is -0.384 e. The van der Waals surface area contributed by atoms with Gasteiger partial charge in [0.1, 0.15) is 0 Å². The van der Waals surface area contributed by atoms with Gasteiger partial charge in [0.05, 0.1) is 17.1 Å². The van der Waals surface area contributed by atoms with Crippen molar-refractivity contribution in [1.82, 2.24) is 14.9 Å². The van der Waals surface area contributed by atoms with Crippen LogP contribution in [0.5, 0.6) is 0 Å². The molecule has 0 saturated carbocycles. The lowest BCUT2D eigenvalue weighted by molar-refractivity contribution is 0.580. The largest absolute Gasteiger partial charge is 0.384 e. The minimum absolute atomic E-state index is 0.130. The molecule has 6 nitrogen and oxygen atoms in total. The number of hydrogen-bond acceptors (Lipinski definition) is 5. The predicted octanol–water partition coefficient (Wildman–Crippen LogP) is 0.923. The van der Waals surface area contributed by atoms with Crippen molar-refractivity contribution in [3.63, 3.8) is 0 Å². The van der Waals surface area contributed by atoms with Gasteiger partial charge in [-0.1, -0.05) is 0 Å². The molecule has 2 heterocycles. The van der Waals surface area contributed by atoms with Crippen LogP contribution in [-0.4, -0.2) is 25.2 Å². The van der Waals surface area contributed by atoms with Crippen molar-refractivity contribution < 1.29 is 8.42 Å². The molecule has 0 fully saturated rings. The average molecular weight is 290 g/mol. The second kappa shape index (κ2) is 5.18. The van der Waals surface area contributed by atoms with E-state index in [1.165, 1.54) is 0 Å². The van der Waals surface area contributed by atoms with Gasteiger partial charge in [0.2, 0.25) is 10.0 Å². The van der Waals surface area contributed by atoms with E-state index in [0.717, 1.165) is 24.2 Å². The van der Waals surface area contributed by atoms with Crippen LogP contribution in [0.1, 0.15) is 11.3 Å². The van der Waals surface area contributed by atoms with Gasteiger partial charge in [-0.25, -0.2) is 13.1 Å². The molecule has 0 bridgehead atoms. The van der Waals surface area contributed by atoms with Crippen LogP contribution in [0.25, 0.3) is 0 Å². The maximum absolute atomic E-state index is 12.2. The molecule has 104 valence electrons. The number of nitrogens with zero attached hydrogens (tertiary/aromatic N) is 2. The van der Waals surface area contributed by atoms with E-state index in [0.29, 0.717) is 5.69 Å². The molecule has 7 heteroatoms. The van der Waals surface area contributed by atoms with Gasteiger partial charge in [0, 0.05) is 18.4 Å². The van der Waals surface area contributed by atoms with Crippen LogP contribution in [-0.2, 0) is 23.0 Å². The molecule has 1 aliphatic heterocycles. The maximum Gasteiger partial charge on any atom is 0.240 e. The quantitative estimate of drug-likeness (QED) is 0.875. The van der Waals surface area contributed by atoms with Crippen molar-refractivity contribution in [2.75, 3.05) is 11.9 Å². The topological polar surface area (TPSA) is 84.0 Å². The van der Waals surface area contributed by atoms with E-state index < -0.39 is 10.0 Å². The van der Waals surface area contributed by atoms with Crippen molar-refractivity contribution in [3.8, 4) is 0 Å². The molecule has 1 aromatic carbocycles. The zero-order valence-electron chi connectivity index (χ0n) is 10.7. The molecule has 0 radical (unpaired) electrons. The zero-order chi connectivity index (χ0) is 14.0. The highest BCUT2D eigenvalue weighted by Crippen LogP contribution is 2.24. The summed E-state index contributed by atoms with van der Waals surface area (Å²) < 4.78 is 27.0. The van der Waals surface area contributed by atoms with Crippen LogP contribution in [0.3, 0.4) is 0 Å². The lowest BCUT2D eigenvalue weighted by Gasteiger charge is -2.07. The Balaban J connectivity index is 1.78.